The molecule has 11 nitrogen and oxygen atoms in total. The van der Waals surface area contributed by atoms with Crippen LogP contribution >= 0.6 is 0 Å². The number of likely N-dealkylation sites (N-methyl/N-ethyl adjacent to an activating group) is 1. The summed E-state index contributed by atoms with van der Waals surface area (Å²) in [6.45, 7) is 5.81. The molecule has 0 aliphatic carbocycles. The van der Waals surface area contributed by atoms with Gasteiger partial charge in [-0.1, -0.05) is 13.0 Å². The fourth-order valence-corrected chi connectivity index (χ4v) is 7.69. The number of hydrogen-bond donors (Lipinski definition) is 1. The average Bonchev–Trinajstić information content (AvgIpc) is 3.48. The number of ether oxygens (including phenoxy) is 6. The molecule has 0 amide bonds. The fraction of sp³-hybridized carbons (Fsp3) is 0.562. The van der Waals surface area contributed by atoms with Crippen LogP contribution in [0.5, 0.6) is 28.7 Å². The molecule has 2 aromatic carbocycles. The Morgan fingerprint density at radius 2 is 1.91 bits per heavy atom. The van der Waals surface area contributed by atoms with E-state index in [1.54, 1.807) is 14.2 Å². The molecule has 0 saturated carbocycles. The molecule has 4 aliphatic heterocycles. The minimum atomic E-state index is -0.544. The van der Waals surface area contributed by atoms with Gasteiger partial charge in [-0.2, -0.15) is 5.26 Å². The number of aromatic hydroxyl groups is 1. The zero-order valence-electron chi connectivity index (χ0n) is 25.6. The van der Waals surface area contributed by atoms with Gasteiger partial charge >= 0.3 is 5.97 Å². The lowest BCUT2D eigenvalue weighted by Gasteiger charge is -2.59. The molecule has 230 valence electrons. The summed E-state index contributed by atoms with van der Waals surface area (Å²) >= 11 is 0. The monoisotopic (exact) mass is 593 g/mol. The van der Waals surface area contributed by atoms with Crippen LogP contribution in [-0.2, 0) is 27.1 Å². The quantitative estimate of drug-likeness (QED) is 0.355. The van der Waals surface area contributed by atoms with Crippen molar-refractivity contribution in [3.63, 3.8) is 0 Å². The molecule has 2 aromatic rings. The van der Waals surface area contributed by atoms with Crippen LogP contribution in [-0.4, -0.2) is 80.5 Å². The van der Waals surface area contributed by atoms with Crippen LogP contribution in [0.2, 0.25) is 0 Å². The van der Waals surface area contributed by atoms with E-state index >= 15 is 0 Å². The highest BCUT2D eigenvalue weighted by atomic mass is 16.7. The van der Waals surface area contributed by atoms with E-state index in [4.69, 9.17) is 28.4 Å². The molecule has 1 saturated heterocycles. The summed E-state index contributed by atoms with van der Waals surface area (Å²) in [6.07, 6.45) is 2.00. The van der Waals surface area contributed by atoms with Crippen molar-refractivity contribution in [2.75, 3.05) is 41.5 Å². The first-order valence-electron chi connectivity index (χ1n) is 14.8. The number of methoxy groups -OCH3 is 2. The van der Waals surface area contributed by atoms with Gasteiger partial charge in [0.05, 0.1) is 25.3 Å². The number of piperazine rings is 1. The van der Waals surface area contributed by atoms with Gasteiger partial charge in [-0.05, 0) is 51.3 Å². The molecule has 4 aliphatic rings. The van der Waals surface area contributed by atoms with E-state index in [0.29, 0.717) is 59.8 Å². The number of fused-ring (bicyclic) bond motifs is 9. The van der Waals surface area contributed by atoms with Crippen LogP contribution in [0, 0.1) is 25.2 Å². The highest BCUT2D eigenvalue weighted by Gasteiger charge is 2.57. The molecule has 11 heteroatoms. The summed E-state index contributed by atoms with van der Waals surface area (Å²) in [6, 6.07) is 3.00. The number of rotatable bonds is 8. The maximum absolute atomic E-state index is 12.7. The largest absolute Gasteiger partial charge is 0.507 e. The number of nitriles is 1. The van der Waals surface area contributed by atoms with Gasteiger partial charge < -0.3 is 33.5 Å². The maximum Gasteiger partial charge on any atom is 0.305 e. The topological polar surface area (TPSA) is 123 Å². The van der Waals surface area contributed by atoms with Gasteiger partial charge in [-0.3, -0.25) is 14.6 Å². The lowest BCUT2D eigenvalue weighted by molar-refractivity contribution is -0.149. The van der Waals surface area contributed by atoms with Crippen molar-refractivity contribution >= 4 is 5.97 Å². The Morgan fingerprint density at radius 1 is 1.14 bits per heavy atom. The zero-order chi connectivity index (χ0) is 30.6. The standard InChI is InChI=1S/C32H39N3O8/c1-7-8-24(36)40-13-23-26-19(28(37)17(3)30-32(26)43-15-42-30)11-21-27-25-18(10-20(34(27)4)22(12-33)35(21)23)9-16(2)29(39-6)31(25)41-14-38-5/h9,20-23,27,37H,7-8,10-11,13-15H2,1-6H3/t20-,21?,22+,23+,27+/m1/s1. The summed E-state index contributed by atoms with van der Waals surface area (Å²) in [5.41, 5.74) is 5.05. The van der Waals surface area contributed by atoms with E-state index < -0.39 is 12.1 Å². The molecule has 0 aromatic heterocycles. The highest BCUT2D eigenvalue weighted by Crippen LogP contribution is 2.58. The number of phenolic OH excluding ortho intramolecular Hbond substituents is 1. The van der Waals surface area contributed by atoms with E-state index in [1.807, 2.05) is 27.8 Å². The minimum Gasteiger partial charge on any atom is -0.507 e. The average molecular weight is 594 g/mol. The molecule has 2 bridgehead atoms. The fourth-order valence-electron chi connectivity index (χ4n) is 7.69. The molecule has 43 heavy (non-hydrogen) atoms. The molecule has 5 atom stereocenters. The van der Waals surface area contributed by atoms with Gasteiger partial charge in [0.25, 0.3) is 0 Å². The molecule has 1 unspecified atom stereocenters. The molecule has 0 spiro atoms. The molecule has 6 rings (SSSR count). The third-order valence-electron chi connectivity index (χ3n) is 9.45. The van der Waals surface area contributed by atoms with Gasteiger partial charge in [0, 0.05) is 47.9 Å². The zero-order valence-corrected chi connectivity index (χ0v) is 25.6. The predicted octanol–water partition coefficient (Wildman–Crippen LogP) is 3.84. The second kappa shape index (κ2) is 11.4. The van der Waals surface area contributed by atoms with E-state index in [2.05, 4.69) is 21.9 Å². The maximum atomic E-state index is 12.7. The summed E-state index contributed by atoms with van der Waals surface area (Å²) in [7, 11) is 5.25. The Kier molecular flexibility index (Phi) is 7.79. The number of nitrogens with zero attached hydrogens (tertiary/aromatic N) is 3. The van der Waals surface area contributed by atoms with Gasteiger partial charge in [-0.15, -0.1) is 0 Å². The minimum absolute atomic E-state index is 0.0130. The van der Waals surface area contributed by atoms with Crippen LogP contribution in [0.15, 0.2) is 6.07 Å². The third kappa shape index (κ3) is 4.46. The van der Waals surface area contributed by atoms with Crippen molar-refractivity contribution in [2.24, 2.45) is 0 Å². The van der Waals surface area contributed by atoms with Crippen molar-refractivity contribution in [1.29, 1.82) is 5.26 Å². The van der Waals surface area contributed by atoms with Crippen molar-refractivity contribution in [3.05, 3.63) is 39.4 Å². The molecule has 1 fully saturated rings. The predicted molar refractivity (Wildman–Crippen MR) is 155 cm³/mol. The van der Waals surface area contributed by atoms with Gasteiger partial charge in [0.1, 0.15) is 18.4 Å². The smallest absolute Gasteiger partial charge is 0.305 e. The van der Waals surface area contributed by atoms with Crippen molar-refractivity contribution < 1.29 is 38.3 Å². The first kappa shape index (κ1) is 29.4. The number of benzene rings is 2. The normalized spacial score (nSPS) is 25.3. The Hall–Kier alpha value is -3.72. The number of hydrogen-bond acceptors (Lipinski definition) is 11. The second-order valence-corrected chi connectivity index (χ2v) is 11.7. The Bertz CT molecular complexity index is 1490. The SMILES string of the molecule is CCCC(=O)OC[C@H]1c2c(c(O)c(C)c3c2OCO3)CC2[C@H]3c4c(cc(C)c(OC)c4OCOC)C[C@H]([C@H](C#N)N21)N3C. The number of carbonyl (C=O) groups excluding carboxylic acids is 1. The first-order valence-corrected chi connectivity index (χ1v) is 14.8. The van der Waals surface area contributed by atoms with Crippen LogP contribution < -0.4 is 18.9 Å². The Balaban J connectivity index is 1.57. The third-order valence-corrected chi connectivity index (χ3v) is 9.45. The van der Waals surface area contributed by atoms with Gasteiger partial charge in [0.2, 0.25) is 6.79 Å². The molecule has 0 radical (unpaired) electrons. The van der Waals surface area contributed by atoms with Crippen LogP contribution in [0.25, 0.3) is 0 Å². The van der Waals surface area contributed by atoms with Gasteiger partial charge in [-0.25, -0.2) is 0 Å². The Labute approximate surface area is 251 Å². The lowest BCUT2D eigenvalue weighted by Crippen LogP contribution is -2.68. The van der Waals surface area contributed by atoms with Crippen LogP contribution in [0.4, 0.5) is 0 Å². The number of aryl methyl sites for hydroxylation is 1. The number of phenols is 1. The molecule has 4 heterocycles. The number of esters is 1. The second-order valence-electron chi connectivity index (χ2n) is 11.7. The van der Waals surface area contributed by atoms with Gasteiger partial charge in [0.15, 0.2) is 29.8 Å². The van der Waals surface area contributed by atoms with E-state index in [-0.39, 0.29) is 50.0 Å². The molecular formula is C32H39N3O8. The van der Waals surface area contributed by atoms with Crippen molar-refractivity contribution in [3.8, 4) is 34.8 Å². The lowest BCUT2D eigenvalue weighted by atomic mass is 9.71. The van der Waals surface area contributed by atoms with E-state index in [9.17, 15) is 15.2 Å². The summed E-state index contributed by atoms with van der Waals surface area (Å²) in [5.74, 6) is 2.12. The highest BCUT2D eigenvalue weighted by molar-refractivity contribution is 5.70. The summed E-state index contributed by atoms with van der Waals surface area (Å²) in [4.78, 5) is 17.1. The van der Waals surface area contributed by atoms with Crippen LogP contribution in [0.1, 0.15) is 65.2 Å². The summed E-state index contributed by atoms with van der Waals surface area (Å²) in [5, 5.41) is 22.3. The number of carbonyl (C=O) groups is 1. The first-order chi connectivity index (χ1) is 20.8. The molecule has 1 N–H and O–H groups in total. The Morgan fingerprint density at radius 3 is 2.60 bits per heavy atom. The van der Waals surface area contributed by atoms with E-state index in [0.717, 1.165) is 22.3 Å². The van der Waals surface area contributed by atoms with Crippen molar-refractivity contribution in [1.82, 2.24) is 9.80 Å². The summed E-state index contributed by atoms with van der Waals surface area (Å²) < 4.78 is 35.0. The van der Waals surface area contributed by atoms with Crippen LogP contribution in [0.3, 0.4) is 0 Å². The van der Waals surface area contributed by atoms with E-state index in [1.165, 1.54) is 0 Å². The van der Waals surface area contributed by atoms with Crippen molar-refractivity contribution in [2.45, 2.75) is 76.7 Å². The molecular weight excluding hydrogens is 554 g/mol.